The van der Waals surface area contributed by atoms with Crippen molar-refractivity contribution in [1.29, 1.82) is 0 Å². The van der Waals surface area contributed by atoms with Crippen molar-refractivity contribution in [2.24, 2.45) is 0 Å². The van der Waals surface area contributed by atoms with Crippen molar-refractivity contribution < 1.29 is 10.2 Å². The van der Waals surface area contributed by atoms with Crippen LogP contribution in [0.3, 0.4) is 0 Å². The SMILES string of the molecule is [CH2]CCC(O)C(O)(CCC)CCC. The van der Waals surface area contributed by atoms with E-state index in [1.54, 1.807) is 0 Å². The summed E-state index contributed by atoms with van der Waals surface area (Å²) < 4.78 is 0. The van der Waals surface area contributed by atoms with Gasteiger partial charge in [0.1, 0.15) is 0 Å². The lowest BCUT2D eigenvalue weighted by Crippen LogP contribution is -2.42. The average Bonchev–Trinajstić information content (AvgIpc) is 2.05. The molecule has 0 aromatic carbocycles. The van der Waals surface area contributed by atoms with Gasteiger partial charge < -0.3 is 10.2 Å². The van der Waals surface area contributed by atoms with E-state index in [1.165, 1.54) is 0 Å². The molecule has 2 heteroatoms. The van der Waals surface area contributed by atoms with Crippen LogP contribution in [0.4, 0.5) is 0 Å². The zero-order valence-electron chi connectivity index (χ0n) is 8.92. The molecule has 0 saturated carbocycles. The second kappa shape index (κ2) is 6.39. The van der Waals surface area contributed by atoms with E-state index in [0.717, 1.165) is 12.8 Å². The van der Waals surface area contributed by atoms with E-state index in [-0.39, 0.29) is 0 Å². The molecule has 0 amide bonds. The highest BCUT2D eigenvalue weighted by Gasteiger charge is 2.32. The molecule has 1 radical (unpaired) electrons. The number of hydrogen-bond acceptors (Lipinski definition) is 2. The molecule has 0 aliphatic heterocycles. The van der Waals surface area contributed by atoms with E-state index in [0.29, 0.717) is 25.7 Å². The molecule has 2 N–H and O–H groups in total. The number of hydrogen-bond donors (Lipinski definition) is 2. The Morgan fingerprint density at radius 1 is 1.23 bits per heavy atom. The van der Waals surface area contributed by atoms with Crippen LogP contribution in [-0.2, 0) is 0 Å². The maximum atomic E-state index is 10.1. The lowest BCUT2D eigenvalue weighted by Gasteiger charge is -2.32. The molecule has 0 aromatic heterocycles. The Kier molecular flexibility index (Phi) is 6.35. The van der Waals surface area contributed by atoms with Crippen LogP contribution < -0.4 is 0 Å². The smallest absolute Gasteiger partial charge is 0.0905 e. The van der Waals surface area contributed by atoms with E-state index in [4.69, 9.17) is 0 Å². The highest BCUT2D eigenvalue weighted by molar-refractivity contribution is 4.85. The lowest BCUT2D eigenvalue weighted by molar-refractivity contribution is -0.0890. The summed E-state index contributed by atoms with van der Waals surface area (Å²) in [7, 11) is 0. The lowest BCUT2D eigenvalue weighted by atomic mass is 9.85. The number of aliphatic hydroxyl groups is 2. The first-order chi connectivity index (χ1) is 6.10. The van der Waals surface area contributed by atoms with E-state index >= 15 is 0 Å². The molecule has 1 unspecified atom stereocenters. The Morgan fingerprint density at radius 2 is 1.69 bits per heavy atom. The zero-order valence-corrected chi connectivity index (χ0v) is 8.92. The predicted molar refractivity (Wildman–Crippen MR) is 55.4 cm³/mol. The molecule has 0 aliphatic carbocycles. The average molecular weight is 187 g/mol. The van der Waals surface area contributed by atoms with Crippen molar-refractivity contribution in [1.82, 2.24) is 0 Å². The normalized spacial score (nSPS) is 14.5. The van der Waals surface area contributed by atoms with Crippen molar-refractivity contribution in [2.75, 3.05) is 0 Å². The van der Waals surface area contributed by atoms with Crippen molar-refractivity contribution in [3.05, 3.63) is 6.92 Å². The summed E-state index contributed by atoms with van der Waals surface area (Å²) >= 11 is 0. The molecule has 0 saturated heterocycles. The van der Waals surface area contributed by atoms with Crippen LogP contribution in [0.1, 0.15) is 52.4 Å². The quantitative estimate of drug-likeness (QED) is 0.642. The topological polar surface area (TPSA) is 40.5 Å². The van der Waals surface area contributed by atoms with E-state index in [2.05, 4.69) is 6.92 Å². The van der Waals surface area contributed by atoms with Crippen LogP contribution >= 0.6 is 0 Å². The van der Waals surface area contributed by atoms with Crippen LogP contribution in [0.25, 0.3) is 0 Å². The van der Waals surface area contributed by atoms with Gasteiger partial charge in [0, 0.05) is 0 Å². The molecule has 0 aromatic rings. The third kappa shape index (κ3) is 4.10. The Balaban J connectivity index is 4.18. The third-order valence-electron chi connectivity index (χ3n) is 2.46. The minimum Gasteiger partial charge on any atom is -0.390 e. The van der Waals surface area contributed by atoms with Gasteiger partial charge in [0.05, 0.1) is 11.7 Å². The summed E-state index contributed by atoms with van der Waals surface area (Å²) in [5.41, 5.74) is -0.874. The Labute approximate surface area is 82.0 Å². The zero-order chi connectivity index (χ0) is 10.3. The molecule has 0 bridgehead atoms. The molecule has 0 spiro atoms. The van der Waals surface area contributed by atoms with E-state index < -0.39 is 11.7 Å². The van der Waals surface area contributed by atoms with Gasteiger partial charge >= 0.3 is 0 Å². The maximum Gasteiger partial charge on any atom is 0.0905 e. The van der Waals surface area contributed by atoms with Crippen LogP contribution in [0.5, 0.6) is 0 Å². The Bertz CT molecular complexity index is 117. The number of rotatable bonds is 7. The summed E-state index contributed by atoms with van der Waals surface area (Å²) in [5.74, 6) is 0. The van der Waals surface area contributed by atoms with Crippen LogP contribution in [-0.4, -0.2) is 21.9 Å². The fourth-order valence-corrected chi connectivity index (χ4v) is 1.79. The van der Waals surface area contributed by atoms with Crippen molar-refractivity contribution >= 4 is 0 Å². The molecule has 1 atom stereocenters. The highest BCUT2D eigenvalue weighted by Crippen LogP contribution is 2.26. The summed E-state index contributed by atoms with van der Waals surface area (Å²) in [4.78, 5) is 0. The number of aliphatic hydroxyl groups excluding tert-OH is 1. The minimum absolute atomic E-state index is 0.594. The first kappa shape index (κ1) is 12.9. The molecule has 0 rings (SSSR count). The second-order valence-electron chi connectivity index (χ2n) is 3.76. The van der Waals surface area contributed by atoms with Crippen LogP contribution in [0.2, 0.25) is 0 Å². The standard InChI is InChI=1S/C11H23O2/c1-4-7-10(12)11(13,8-5-2)9-6-3/h10,12-13H,1,4-9H2,2-3H3. The minimum atomic E-state index is -0.874. The fraction of sp³-hybridized carbons (Fsp3) is 0.909. The van der Waals surface area contributed by atoms with Gasteiger partial charge in [-0.25, -0.2) is 0 Å². The monoisotopic (exact) mass is 187 g/mol. The van der Waals surface area contributed by atoms with Crippen molar-refractivity contribution in [3.8, 4) is 0 Å². The molecular weight excluding hydrogens is 164 g/mol. The van der Waals surface area contributed by atoms with Gasteiger partial charge in [0.25, 0.3) is 0 Å². The summed E-state index contributed by atoms with van der Waals surface area (Å²) in [6.45, 7) is 7.74. The van der Waals surface area contributed by atoms with Gasteiger partial charge in [0.15, 0.2) is 0 Å². The first-order valence-electron chi connectivity index (χ1n) is 5.30. The molecular formula is C11H23O2. The van der Waals surface area contributed by atoms with Gasteiger partial charge in [-0.05, 0) is 19.3 Å². The van der Waals surface area contributed by atoms with Crippen LogP contribution in [0.15, 0.2) is 0 Å². The molecule has 0 aliphatic rings. The summed E-state index contributed by atoms with van der Waals surface area (Å²) in [5, 5.41) is 19.9. The molecule has 13 heavy (non-hydrogen) atoms. The highest BCUT2D eigenvalue weighted by atomic mass is 16.3. The molecule has 0 heterocycles. The molecule has 0 fully saturated rings. The van der Waals surface area contributed by atoms with Crippen molar-refractivity contribution in [3.63, 3.8) is 0 Å². The largest absolute Gasteiger partial charge is 0.390 e. The van der Waals surface area contributed by atoms with Gasteiger partial charge in [-0.15, -0.1) is 0 Å². The van der Waals surface area contributed by atoms with E-state index in [9.17, 15) is 10.2 Å². The molecule has 2 nitrogen and oxygen atoms in total. The Morgan fingerprint density at radius 3 is 2.00 bits per heavy atom. The maximum absolute atomic E-state index is 10.1. The van der Waals surface area contributed by atoms with E-state index in [1.807, 2.05) is 13.8 Å². The Hall–Kier alpha value is -0.0800. The molecule has 79 valence electrons. The summed E-state index contributed by atoms with van der Waals surface area (Å²) in [6.07, 6.45) is 3.84. The van der Waals surface area contributed by atoms with Gasteiger partial charge in [-0.1, -0.05) is 40.0 Å². The second-order valence-corrected chi connectivity index (χ2v) is 3.76. The van der Waals surface area contributed by atoms with Crippen molar-refractivity contribution in [2.45, 2.75) is 64.1 Å². The van der Waals surface area contributed by atoms with Gasteiger partial charge in [-0.2, -0.15) is 0 Å². The summed E-state index contributed by atoms with van der Waals surface area (Å²) in [6, 6.07) is 0. The van der Waals surface area contributed by atoms with Crippen LogP contribution in [0, 0.1) is 6.92 Å². The third-order valence-corrected chi connectivity index (χ3v) is 2.46. The fourth-order valence-electron chi connectivity index (χ4n) is 1.79. The van der Waals surface area contributed by atoms with Gasteiger partial charge in [0.2, 0.25) is 0 Å². The van der Waals surface area contributed by atoms with Gasteiger partial charge in [-0.3, -0.25) is 0 Å². The first-order valence-corrected chi connectivity index (χ1v) is 5.30. The predicted octanol–water partition coefficient (Wildman–Crippen LogP) is 2.29.